The van der Waals surface area contributed by atoms with Crippen LogP contribution in [0.25, 0.3) is 28.3 Å². The predicted octanol–water partition coefficient (Wildman–Crippen LogP) is 4.45. The molecule has 2 N–H and O–H groups in total. The van der Waals surface area contributed by atoms with Crippen molar-refractivity contribution >= 4 is 5.97 Å². The van der Waals surface area contributed by atoms with Gasteiger partial charge >= 0.3 is 11.7 Å². The molecule has 38 heavy (non-hydrogen) atoms. The Bertz CT molecular complexity index is 1650. The lowest BCUT2D eigenvalue weighted by Gasteiger charge is -2.16. The predicted molar refractivity (Wildman–Crippen MR) is 142 cm³/mol. The SMILES string of the molecule is CCCc1cn(-c2c(C)cccc2C(=O)O)c(=O)n1C(C)c1ccc(-c2ccccc2-c2nn[nH]n2)nc1. The summed E-state index contributed by atoms with van der Waals surface area (Å²) in [6.45, 7) is 5.80. The Morgan fingerprint density at radius 1 is 1.08 bits per heavy atom. The molecular weight excluding hydrogens is 482 g/mol. The minimum Gasteiger partial charge on any atom is -0.478 e. The summed E-state index contributed by atoms with van der Waals surface area (Å²) in [5, 5.41) is 24.1. The maximum Gasteiger partial charge on any atom is 0.337 e. The molecule has 0 aliphatic rings. The fourth-order valence-electron chi connectivity index (χ4n) is 4.81. The first-order chi connectivity index (χ1) is 18.4. The van der Waals surface area contributed by atoms with Gasteiger partial charge in [-0.1, -0.05) is 55.8 Å². The Balaban J connectivity index is 1.56. The molecule has 0 radical (unpaired) electrons. The number of hydrogen-bond acceptors (Lipinski definition) is 6. The zero-order chi connectivity index (χ0) is 26.8. The van der Waals surface area contributed by atoms with Gasteiger partial charge in [-0.25, -0.2) is 9.59 Å². The van der Waals surface area contributed by atoms with Crippen molar-refractivity contribution in [3.05, 3.63) is 99.9 Å². The molecule has 0 saturated heterocycles. The lowest BCUT2D eigenvalue weighted by atomic mass is 10.0. The number of aromatic nitrogens is 7. The van der Waals surface area contributed by atoms with Crippen molar-refractivity contribution in [2.75, 3.05) is 0 Å². The number of benzene rings is 2. The summed E-state index contributed by atoms with van der Waals surface area (Å²) in [5.41, 5.74) is 5.00. The Hall–Kier alpha value is -4.86. The number of pyridine rings is 1. The molecule has 0 saturated carbocycles. The van der Waals surface area contributed by atoms with Gasteiger partial charge in [0.25, 0.3) is 0 Å². The zero-order valence-electron chi connectivity index (χ0n) is 21.3. The fraction of sp³-hybridized carbons (Fsp3) is 0.214. The van der Waals surface area contributed by atoms with Crippen LogP contribution in [0.2, 0.25) is 0 Å². The van der Waals surface area contributed by atoms with Crippen molar-refractivity contribution in [2.24, 2.45) is 0 Å². The Labute approximate surface area is 218 Å². The molecule has 1 atom stereocenters. The number of carbonyl (C=O) groups is 1. The summed E-state index contributed by atoms with van der Waals surface area (Å²) in [4.78, 5) is 30.4. The van der Waals surface area contributed by atoms with E-state index in [1.165, 1.54) is 10.6 Å². The molecule has 3 heterocycles. The Kier molecular flexibility index (Phi) is 6.69. The standard InChI is InChI=1S/C28H27N7O3/c1-4-8-20-16-34(25-17(2)9-7-12-23(25)27(36)37)28(38)35(20)18(3)19-13-14-24(29-15-19)21-10-5-6-11-22(21)26-30-32-33-31-26/h5-7,9-16,18H,4,8H2,1-3H3,(H,36,37)(H,30,31,32,33). The third-order valence-electron chi connectivity index (χ3n) is 6.66. The molecule has 0 bridgehead atoms. The van der Waals surface area contributed by atoms with Gasteiger partial charge in [-0.2, -0.15) is 5.21 Å². The van der Waals surface area contributed by atoms with E-state index in [1.54, 1.807) is 23.0 Å². The van der Waals surface area contributed by atoms with E-state index >= 15 is 0 Å². The van der Waals surface area contributed by atoms with Crippen molar-refractivity contribution in [3.8, 4) is 28.3 Å². The van der Waals surface area contributed by atoms with Crippen LogP contribution in [0.15, 0.2) is 71.8 Å². The van der Waals surface area contributed by atoms with Crippen LogP contribution in [-0.4, -0.2) is 45.8 Å². The molecule has 10 nitrogen and oxygen atoms in total. The number of aromatic carboxylic acids is 1. The average molecular weight is 510 g/mol. The van der Waals surface area contributed by atoms with E-state index in [-0.39, 0.29) is 17.3 Å². The Morgan fingerprint density at radius 2 is 1.87 bits per heavy atom. The number of H-pyrrole nitrogens is 1. The molecule has 192 valence electrons. The number of carboxylic acids is 1. The van der Waals surface area contributed by atoms with E-state index in [0.717, 1.165) is 34.5 Å². The zero-order valence-corrected chi connectivity index (χ0v) is 21.3. The van der Waals surface area contributed by atoms with Crippen LogP contribution in [-0.2, 0) is 6.42 Å². The maximum atomic E-state index is 13.8. The number of carboxylic acid groups (broad SMARTS) is 1. The maximum absolute atomic E-state index is 13.8. The summed E-state index contributed by atoms with van der Waals surface area (Å²) < 4.78 is 3.19. The highest BCUT2D eigenvalue weighted by molar-refractivity contribution is 5.92. The van der Waals surface area contributed by atoms with Crippen molar-refractivity contribution in [3.63, 3.8) is 0 Å². The number of imidazole rings is 1. The number of nitrogens with one attached hydrogen (secondary N) is 1. The third kappa shape index (κ3) is 4.40. The number of aryl methyl sites for hydroxylation is 2. The molecular formula is C28H27N7O3. The highest BCUT2D eigenvalue weighted by Crippen LogP contribution is 2.29. The first-order valence-electron chi connectivity index (χ1n) is 12.4. The number of aromatic amines is 1. The number of tetrazole rings is 1. The van der Waals surface area contributed by atoms with Crippen LogP contribution in [0.4, 0.5) is 0 Å². The van der Waals surface area contributed by atoms with Crippen LogP contribution < -0.4 is 5.69 Å². The molecule has 1 unspecified atom stereocenters. The monoisotopic (exact) mass is 509 g/mol. The second kappa shape index (κ2) is 10.3. The van der Waals surface area contributed by atoms with Crippen LogP contribution in [0, 0.1) is 6.92 Å². The number of nitrogens with zero attached hydrogens (tertiary/aromatic N) is 6. The second-order valence-electron chi connectivity index (χ2n) is 9.10. The van der Waals surface area contributed by atoms with Crippen molar-refractivity contribution in [1.82, 2.24) is 34.7 Å². The summed E-state index contributed by atoms with van der Waals surface area (Å²) >= 11 is 0. The van der Waals surface area contributed by atoms with E-state index in [2.05, 4.69) is 20.6 Å². The van der Waals surface area contributed by atoms with Gasteiger partial charge in [0.1, 0.15) is 0 Å². The van der Waals surface area contributed by atoms with Crippen molar-refractivity contribution in [2.45, 2.75) is 39.7 Å². The number of hydrogen-bond donors (Lipinski definition) is 2. The molecule has 0 amide bonds. The van der Waals surface area contributed by atoms with E-state index in [0.29, 0.717) is 23.5 Å². The van der Waals surface area contributed by atoms with Crippen molar-refractivity contribution in [1.29, 1.82) is 0 Å². The molecule has 0 spiro atoms. The molecule has 2 aromatic carbocycles. The molecule has 0 aliphatic carbocycles. The third-order valence-corrected chi connectivity index (χ3v) is 6.66. The fourth-order valence-corrected chi connectivity index (χ4v) is 4.81. The molecule has 0 fully saturated rings. The van der Waals surface area contributed by atoms with Gasteiger partial charge in [0.2, 0.25) is 5.82 Å². The second-order valence-corrected chi connectivity index (χ2v) is 9.10. The van der Waals surface area contributed by atoms with E-state index in [1.807, 2.05) is 63.2 Å². The summed E-state index contributed by atoms with van der Waals surface area (Å²) in [6.07, 6.45) is 5.03. The summed E-state index contributed by atoms with van der Waals surface area (Å²) in [5.74, 6) is -0.594. The lowest BCUT2D eigenvalue weighted by molar-refractivity contribution is 0.0696. The lowest BCUT2D eigenvalue weighted by Crippen LogP contribution is -2.28. The number of rotatable bonds is 8. The van der Waals surface area contributed by atoms with Gasteiger partial charge < -0.3 is 5.11 Å². The molecule has 0 aliphatic heterocycles. The highest BCUT2D eigenvalue weighted by atomic mass is 16.4. The van der Waals surface area contributed by atoms with Gasteiger partial charge in [0.05, 0.1) is 23.0 Å². The van der Waals surface area contributed by atoms with E-state index in [4.69, 9.17) is 4.98 Å². The largest absolute Gasteiger partial charge is 0.478 e. The van der Waals surface area contributed by atoms with E-state index < -0.39 is 5.97 Å². The highest BCUT2D eigenvalue weighted by Gasteiger charge is 2.23. The van der Waals surface area contributed by atoms with Crippen LogP contribution in [0.1, 0.15) is 53.5 Å². The summed E-state index contributed by atoms with van der Waals surface area (Å²) in [6, 6.07) is 16.2. The van der Waals surface area contributed by atoms with Crippen LogP contribution in [0.3, 0.4) is 0 Å². The topological polar surface area (TPSA) is 132 Å². The molecule has 10 heteroatoms. The molecule has 5 aromatic rings. The van der Waals surface area contributed by atoms with E-state index in [9.17, 15) is 14.7 Å². The minimum atomic E-state index is -1.07. The van der Waals surface area contributed by atoms with Gasteiger partial charge in [-0.05, 0) is 48.7 Å². The first-order valence-corrected chi connectivity index (χ1v) is 12.4. The van der Waals surface area contributed by atoms with Gasteiger partial charge in [0, 0.05) is 29.2 Å². The minimum absolute atomic E-state index is 0.0891. The molecule has 3 aromatic heterocycles. The van der Waals surface area contributed by atoms with Gasteiger partial charge in [-0.3, -0.25) is 14.1 Å². The molecule has 5 rings (SSSR count). The van der Waals surface area contributed by atoms with Gasteiger partial charge in [-0.15, -0.1) is 10.2 Å². The van der Waals surface area contributed by atoms with Crippen molar-refractivity contribution < 1.29 is 9.90 Å². The van der Waals surface area contributed by atoms with Crippen LogP contribution >= 0.6 is 0 Å². The van der Waals surface area contributed by atoms with Gasteiger partial charge in [0.15, 0.2) is 0 Å². The smallest absolute Gasteiger partial charge is 0.337 e. The summed E-state index contributed by atoms with van der Waals surface area (Å²) in [7, 11) is 0. The number of para-hydroxylation sites is 1. The Morgan fingerprint density at radius 3 is 2.53 bits per heavy atom. The first kappa shape index (κ1) is 24.8. The quantitative estimate of drug-likeness (QED) is 0.316. The average Bonchev–Trinajstić information content (AvgIpc) is 3.57. The van der Waals surface area contributed by atoms with Crippen LogP contribution in [0.5, 0.6) is 0 Å². The normalized spacial score (nSPS) is 12.0.